The molecule has 0 aromatic heterocycles. The number of carboxylic acid groups (broad SMARTS) is 1. The zero-order chi connectivity index (χ0) is 22.9. The summed E-state index contributed by atoms with van der Waals surface area (Å²) in [6.07, 6.45) is 0. The Hall–Kier alpha value is -2.90. The number of rotatable bonds is 7. The van der Waals surface area contributed by atoms with Crippen LogP contribution in [0.1, 0.15) is 43.6 Å². The predicted octanol–water partition coefficient (Wildman–Crippen LogP) is 3.71. The topological polar surface area (TPSA) is 116 Å². The third-order valence-electron chi connectivity index (χ3n) is 3.77. The molecule has 0 aliphatic carbocycles. The van der Waals surface area contributed by atoms with Crippen molar-refractivity contribution in [2.45, 2.75) is 39.3 Å². The van der Waals surface area contributed by atoms with Crippen LogP contribution in [0.3, 0.4) is 0 Å². The van der Waals surface area contributed by atoms with Crippen molar-refractivity contribution in [1.82, 2.24) is 0 Å². The SMILES string of the molecule is CC(C)(Oc1ccc(C(=O)c2ccc(Cl)cc2)cc1)C(=O)O.CCOC(=O)[C@@H](C)N. The molecule has 0 aliphatic rings. The van der Waals surface area contributed by atoms with Crippen molar-refractivity contribution in [1.29, 1.82) is 0 Å². The lowest BCUT2D eigenvalue weighted by atomic mass is 10.0. The molecule has 1 atom stereocenters. The molecule has 8 heteroatoms. The van der Waals surface area contributed by atoms with Gasteiger partial charge in [-0.25, -0.2) is 4.79 Å². The zero-order valence-corrected chi connectivity index (χ0v) is 18.1. The summed E-state index contributed by atoms with van der Waals surface area (Å²) in [4.78, 5) is 33.7. The lowest BCUT2D eigenvalue weighted by Crippen LogP contribution is -2.37. The minimum absolute atomic E-state index is 0.138. The highest BCUT2D eigenvalue weighted by atomic mass is 35.5. The zero-order valence-electron chi connectivity index (χ0n) is 17.3. The Labute approximate surface area is 180 Å². The molecule has 162 valence electrons. The molecular weight excluding hydrogens is 410 g/mol. The summed E-state index contributed by atoms with van der Waals surface area (Å²) in [6, 6.07) is 12.5. The van der Waals surface area contributed by atoms with E-state index in [2.05, 4.69) is 4.74 Å². The van der Waals surface area contributed by atoms with Gasteiger partial charge in [0.25, 0.3) is 0 Å². The molecule has 2 aromatic rings. The Bertz CT molecular complexity index is 860. The number of carbonyl (C=O) groups is 3. The molecule has 0 heterocycles. The quantitative estimate of drug-likeness (QED) is 0.503. The van der Waals surface area contributed by atoms with Crippen LogP contribution in [0.5, 0.6) is 5.75 Å². The fraction of sp³-hybridized carbons (Fsp3) is 0.318. The predicted molar refractivity (Wildman–Crippen MR) is 114 cm³/mol. The summed E-state index contributed by atoms with van der Waals surface area (Å²) in [5.74, 6) is -1.15. The molecule has 2 rings (SSSR count). The Kier molecular flexibility index (Phi) is 9.49. The van der Waals surface area contributed by atoms with Gasteiger partial charge in [0.2, 0.25) is 0 Å². The van der Waals surface area contributed by atoms with Crippen LogP contribution >= 0.6 is 11.6 Å². The van der Waals surface area contributed by atoms with E-state index >= 15 is 0 Å². The van der Waals surface area contributed by atoms with E-state index in [1.165, 1.54) is 13.8 Å². The van der Waals surface area contributed by atoms with Crippen molar-refractivity contribution in [2.75, 3.05) is 6.61 Å². The van der Waals surface area contributed by atoms with E-state index < -0.39 is 17.6 Å². The normalized spacial score (nSPS) is 11.5. The van der Waals surface area contributed by atoms with Gasteiger partial charge in [-0.15, -0.1) is 0 Å². The molecule has 7 nitrogen and oxygen atoms in total. The number of hydrogen-bond acceptors (Lipinski definition) is 6. The first-order valence-corrected chi connectivity index (χ1v) is 9.60. The number of carbonyl (C=O) groups excluding carboxylic acids is 2. The maximum Gasteiger partial charge on any atom is 0.347 e. The summed E-state index contributed by atoms with van der Waals surface area (Å²) in [5, 5.41) is 9.59. The Morgan fingerprint density at radius 1 is 1.03 bits per heavy atom. The van der Waals surface area contributed by atoms with E-state index in [9.17, 15) is 14.4 Å². The van der Waals surface area contributed by atoms with Crippen LogP contribution in [0.2, 0.25) is 5.02 Å². The first-order valence-electron chi connectivity index (χ1n) is 9.23. The monoisotopic (exact) mass is 435 g/mol. The molecule has 0 amide bonds. The highest BCUT2D eigenvalue weighted by molar-refractivity contribution is 6.30. The van der Waals surface area contributed by atoms with Gasteiger partial charge in [-0.1, -0.05) is 11.6 Å². The average molecular weight is 436 g/mol. The molecule has 2 aromatic carbocycles. The molecule has 0 fully saturated rings. The van der Waals surface area contributed by atoms with Gasteiger partial charge in [-0.3, -0.25) is 9.59 Å². The second-order valence-electron chi connectivity index (χ2n) is 6.82. The number of benzene rings is 2. The standard InChI is InChI=1S/C17H15ClO4.C5H11NO2/c1-17(2,16(20)21)22-14-9-5-12(6-10-14)15(19)11-3-7-13(18)8-4-11;1-3-8-5(7)4(2)6/h3-10H,1-2H3,(H,20,21);4H,3,6H2,1-2H3/t;4-/m.1/s1. The van der Waals surface area contributed by atoms with Crippen LogP contribution in [0.4, 0.5) is 0 Å². The van der Waals surface area contributed by atoms with Gasteiger partial charge in [0.05, 0.1) is 6.61 Å². The van der Waals surface area contributed by atoms with E-state index in [1.54, 1.807) is 62.4 Å². The van der Waals surface area contributed by atoms with Crippen molar-refractivity contribution in [3.63, 3.8) is 0 Å². The van der Waals surface area contributed by atoms with Gasteiger partial charge in [0.15, 0.2) is 11.4 Å². The van der Waals surface area contributed by atoms with Crippen molar-refractivity contribution in [3.05, 3.63) is 64.7 Å². The largest absolute Gasteiger partial charge is 0.478 e. The van der Waals surface area contributed by atoms with Crippen molar-refractivity contribution in [3.8, 4) is 5.75 Å². The summed E-state index contributed by atoms with van der Waals surface area (Å²) < 4.78 is 9.93. The molecule has 0 radical (unpaired) electrons. The molecule has 3 N–H and O–H groups in total. The third kappa shape index (κ3) is 7.85. The molecule has 0 saturated heterocycles. The van der Waals surface area contributed by atoms with Crippen LogP contribution in [0.15, 0.2) is 48.5 Å². The van der Waals surface area contributed by atoms with E-state index in [4.69, 9.17) is 27.2 Å². The molecular formula is C22H26ClNO6. The number of halogens is 1. The van der Waals surface area contributed by atoms with Crippen LogP contribution in [0, 0.1) is 0 Å². The smallest absolute Gasteiger partial charge is 0.347 e. The van der Waals surface area contributed by atoms with Crippen molar-refractivity contribution < 1.29 is 29.0 Å². The highest BCUT2D eigenvalue weighted by Crippen LogP contribution is 2.21. The van der Waals surface area contributed by atoms with E-state index in [0.29, 0.717) is 28.5 Å². The first-order chi connectivity index (χ1) is 14.0. The van der Waals surface area contributed by atoms with E-state index in [1.807, 2.05) is 0 Å². The third-order valence-corrected chi connectivity index (χ3v) is 4.02. The van der Waals surface area contributed by atoms with Gasteiger partial charge < -0.3 is 20.3 Å². The summed E-state index contributed by atoms with van der Waals surface area (Å²) >= 11 is 5.79. The van der Waals surface area contributed by atoms with Gasteiger partial charge in [0, 0.05) is 16.1 Å². The number of nitrogens with two attached hydrogens (primary N) is 1. The Morgan fingerprint density at radius 3 is 1.87 bits per heavy atom. The van der Waals surface area contributed by atoms with Gasteiger partial charge in [0.1, 0.15) is 11.8 Å². The molecule has 0 unspecified atom stereocenters. The highest BCUT2D eigenvalue weighted by Gasteiger charge is 2.29. The number of esters is 1. The lowest BCUT2D eigenvalue weighted by molar-refractivity contribution is -0.152. The number of ether oxygens (including phenoxy) is 2. The summed E-state index contributed by atoms with van der Waals surface area (Å²) in [7, 11) is 0. The van der Waals surface area contributed by atoms with Gasteiger partial charge >= 0.3 is 11.9 Å². The van der Waals surface area contributed by atoms with Crippen LogP contribution in [0.25, 0.3) is 0 Å². The summed E-state index contributed by atoms with van der Waals surface area (Å²) in [6.45, 7) is 6.67. The molecule has 0 spiro atoms. The van der Waals surface area contributed by atoms with Gasteiger partial charge in [-0.2, -0.15) is 0 Å². The number of carboxylic acids is 1. The maximum atomic E-state index is 12.3. The number of ketones is 1. The van der Waals surface area contributed by atoms with E-state index in [-0.39, 0.29) is 11.8 Å². The van der Waals surface area contributed by atoms with Crippen LogP contribution in [-0.2, 0) is 14.3 Å². The maximum absolute atomic E-state index is 12.3. The first kappa shape index (κ1) is 25.1. The van der Waals surface area contributed by atoms with Gasteiger partial charge in [-0.05, 0) is 76.2 Å². The van der Waals surface area contributed by atoms with Crippen LogP contribution < -0.4 is 10.5 Å². The lowest BCUT2D eigenvalue weighted by Gasteiger charge is -2.21. The minimum atomic E-state index is -1.33. The second kappa shape index (κ2) is 11.3. The number of aliphatic carboxylic acids is 1. The Morgan fingerprint density at radius 2 is 1.50 bits per heavy atom. The molecule has 0 bridgehead atoms. The molecule has 0 aliphatic heterocycles. The fourth-order valence-corrected chi connectivity index (χ4v) is 2.18. The van der Waals surface area contributed by atoms with Crippen molar-refractivity contribution >= 4 is 29.3 Å². The molecule has 0 saturated carbocycles. The minimum Gasteiger partial charge on any atom is -0.478 e. The second-order valence-corrected chi connectivity index (χ2v) is 7.26. The fourth-order valence-electron chi connectivity index (χ4n) is 2.05. The van der Waals surface area contributed by atoms with E-state index in [0.717, 1.165) is 0 Å². The Balaban J connectivity index is 0.000000479. The van der Waals surface area contributed by atoms with Crippen LogP contribution in [-0.4, -0.2) is 41.1 Å². The summed E-state index contributed by atoms with van der Waals surface area (Å²) in [5.41, 5.74) is 4.84. The molecule has 30 heavy (non-hydrogen) atoms. The van der Waals surface area contributed by atoms with Crippen molar-refractivity contribution in [2.24, 2.45) is 5.73 Å². The number of hydrogen-bond donors (Lipinski definition) is 2. The average Bonchev–Trinajstić information content (AvgIpc) is 2.69.